The molecule has 14 atom stereocenters. The van der Waals surface area contributed by atoms with E-state index in [-0.39, 0.29) is 24.9 Å². The number of hydrogen-bond acceptors (Lipinski definition) is 14. The SMILES string of the molecule is CC[C@@H]1OC(=O)C(CS(=O)(=O)O)C(=O)[C@H](C)[C@@H](O[C@@H]2O[C@H](C)C[C@H](N(C)C)[C@H]2O)[C@H](C)[C@@H](OC/C=C/c2cnc3ccccc3c2)[C@@H](C)C(=O)[C@@H](C)C2NC(=O)O[C@@]21C. The zero-order valence-corrected chi connectivity index (χ0v) is 36.0. The number of para-hydroxylation sites is 1. The highest BCUT2D eigenvalue weighted by molar-refractivity contribution is 7.85. The standard InChI is InChI=1S/C42H59N3O13S/c1-10-32-42(7)38(44-41(50)58-42)25(5)33(46)23(3)36(54-17-13-14-27-19-28-15-11-12-16-30(28)43-20-27)26(6)37(57-40-35(48)31(45(8)9)18-22(2)55-40)24(4)34(47)29(39(49)56-32)21-59(51,52)53/h11-16,19-20,22-26,29,31-32,35-38,40,48H,10,17-18,21H2,1-9H3,(H,44,50)(H,51,52,53)/b14-13+/t22-,23+,24+,25-,26-,29?,31+,32+,35-,36+,37-,38?,40+,42-/m1/s1. The molecule has 0 radical (unpaired) electrons. The number of aromatic nitrogens is 1. The maximum Gasteiger partial charge on any atom is 0.408 e. The fourth-order valence-electron chi connectivity index (χ4n) is 8.95. The predicted octanol–water partition coefficient (Wildman–Crippen LogP) is 3.83. The Kier molecular flexibility index (Phi) is 14.8. The van der Waals surface area contributed by atoms with Crippen molar-refractivity contribution in [3.63, 3.8) is 0 Å². The monoisotopic (exact) mass is 845 g/mol. The van der Waals surface area contributed by atoms with Gasteiger partial charge in [0.15, 0.2) is 17.7 Å². The third kappa shape index (κ3) is 10.4. The highest BCUT2D eigenvalue weighted by Crippen LogP contribution is 2.39. The maximum atomic E-state index is 14.7. The number of aliphatic hydroxyl groups is 1. The summed E-state index contributed by atoms with van der Waals surface area (Å²) < 4.78 is 65.6. The molecule has 2 aromatic rings. The zero-order valence-electron chi connectivity index (χ0n) is 35.1. The van der Waals surface area contributed by atoms with Crippen LogP contribution in [0.4, 0.5) is 4.79 Å². The first kappa shape index (κ1) is 46.2. The number of rotatable bonds is 10. The molecule has 3 saturated heterocycles. The molecular formula is C42H59N3O13S. The number of carbonyl (C=O) groups excluding carboxylic acids is 4. The highest BCUT2D eigenvalue weighted by Gasteiger charge is 2.57. The normalized spacial score (nSPS) is 36.6. The minimum absolute atomic E-state index is 0.0121. The summed E-state index contributed by atoms with van der Waals surface area (Å²) in [6.45, 7) is 11.4. The summed E-state index contributed by atoms with van der Waals surface area (Å²) in [6, 6.07) is 8.21. The Hall–Kier alpha value is -3.84. The van der Waals surface area contributed by atoms with E-state index in [9.17, 15) is 37.3 Å². The molecule has 0 aliphatic carbocycles. The van der Waals surface area contributed by atoms with Crippen LogP contribution in [0.2, 0.25) is 0 Å². The molecular weight excluding hydrogens is 787 g/mol. The number of ketones is 2. The summed E-state index contributed by atoms with van der Waals surface area (Å²) in [4.78, 5) is 62.5. The van der Waals surface area contributed by atoms with Crippen molar-refractivity contribution in [3.8, 4) is 0 Å². The number of esters is 1. The zero-order chi connectivity index (χ0) is 43.6. The summed E-state index contributed by atoms with van der Waals surface area (Å²) in [5.74, 6) is -9.95. The molecule has 3 aliphatic rings. The van der Waals surface area contributed by atoms with E-state index in [4.69, 9.17) is 23.7 Å². The lowest BCUT2D eigenvalue weighted by Gasteiger charge is -2.45. The first-order valence-electron chi connectivity index (χ1n) is 20.2. The number of ether oxygens (including phenoxy) is 5. The molecule has 16 nitrogen and oxygen atoms in total. The van der Waals surface area contributed by atoms with Gasteiger partial charge in [-0.05, 0) is 58.5 Å². The van der Waals surface area contributed by atoms with Gasteiger partial charge in [0.2, 0.25) is 0 Å². The molecule has 0 saturated carbocycles. The number of aliphatic hydroxyl groups excluding tert-OH is 1. The smallest absolute Gasteiger partial charge is 0.408 e. The summed E-state index contributed by atoms with van der Waals surface area (Å²) in [5, 5.41) is 15.2. The van der Waals surface area contributed by atoms with Crippen LogP contribution in [-0.4, -0.2) is 133 Å². The van der Waals surface area contributed by atoms with Crippen molar-refractivity contribution in [1.82, 2.24) is 15.2 Å². The number of nitrogens with zero attached hydrogens (tertiary/aromatic N) is 2. The molecule has 3 fully saturated rings. The number of benzene rings is 1. The lowest BCUT2D eigenvalue weighted by atomic mass is 9.74. The van der Waals surface area contributed by atoms with Gasteiger partial charge < -0.3 is 39.0 Å². The predicted molar refractivity (Wildman–Crippen MR) is 216 cm³/mol. The Balaban J connectivity index is 1.60. The Morgan fingerprint density at radius 3 is 2.36 bits per heavy atom. The second-order valence-corrected chi connectivity index (χ2v) is 18.2. The topological polar surface area (TPSA) is 217 Å². The van der Waals surface area contributed by atoms with Crippen LogP contribution >= 0.6 is 0 Å². The van der Waals surface area contributed by atoms with E-state index < -0.39 is 112 Å². The van der Waals surface area contributed by atoms with E-state index >= 15 is 0 Å². The third-order valence-corrected chi connectivity index (χ3v) is 13.0. The molecule has 4 heterocycles. The van der Waals surface area contributed by atoms with E-state index in [1.165, 1.54) is 13.8 Å². The average molecular weight is 846 g/mol. The van der Waals surface area contributed by atoms with Gasteiger partial charge in [-0.3, -0.25) is 23.9 Å². The second-order valence-electron chi connectivity index (χ2n) is 16.7. The van der Waals surface area contributed by atoms with Crippen LogP contribution in [0.3, 0.4) is 0 Å². The molecule has 3 aliphatic heterocycles. The number of amides is 1. The molecule has 1 aromatic carbocycles. The van der Waals surface area contributed by atoms with Crippen LogP contribution < -0.4 is 5.32 Å². The molecule has 1 aromatic heterocycles. The Morgan fingerprint density at radius 2 is 1.69 bits per heavy atom. The lowest BCUT2D eigenvalue weighted by Crippen LogP contribution is -2.59. The molecule has 5 rings (SSSR count). The quantitative estimate of drug-likeness (QED) is 0.176. The van der Waals surface area contributed by atoms with E-state index in [2.05, 4.69) is 10.3 Å². The molecule has 0 spiro atoms. The second kappa shape index (κ2) is 18.8. The first-order chi connectivity index (χ1) is 27.7. The van der Waals surface area contributed by atoms with Crippen LogP contribution in [0.25, 0.3) is 17.0 Å². The van der Waals surface area contributed by atoms with Crippen molar-refractivity contribution in [1.29, 1.82) is 0 Å². The minimum atomic E-state index is -4.95. The van der Waals surface area contributed by atoms with Gasteiger partial charge in [-0.2, -0.15) is 8.42 Å². The molecule has 0 bridgehead atoms. The Bertz CT molecular complexity index is 1990. The number of Topliss-reactive ketones (excluding diaryl/α,β-unsaturated/α-hetero) is 2. The molecule has 3 N–H and O–H groups in total. The van der Waals surface area contributed by atoms with Crippen molar-refractivity contribution in [2.24, 2.45) is 29.6 Å². The number of likely N-dealkylation sites (N-methyl/N-ethyl adjacent to an activating group) is 1. The Labute approximate surface area is 346 Å². The molecule has 2 unspecified atom stereocenters. The molecule has 326 valence electrons. The third-order valence-electron chi connectivity index (χ3n) is 12.2. The van der Waals surface area contributed by atoms with Crippen molar-refractivity contribution in [3.05, 3.63) is 48.2 Å². The van der Waals surface area contributed by atoms with Gasteiger partial charge in [0.05, 0.1) is 42.2 Å². The van der Waals surface area contributed by atoms with E-state index in [0.29, 0.717) is 6.42 Å². The van der Waals surface area contributed by atoms with Gasteiger partial charge in [-0.1, -0.05) is 65.0 Å². The summed E-state index contributed by atoms with van der Waals surface area (Å²) >= 11 is 0. The van der Waals surface area contributed by atoms with Crippen molar-refractivity contribution < 1.29 is 60.9 Å². The van der Waals surface area contributed by atoms with Gasteiger partial charge in [-0.15, -0.1) is 0 Å². The molecule has 17 heteroatoms. The largest absolute Gasteiger partial charge is 0.457 e. The van der Waals surface area contributed by atoms with Crippen LogP contribution in [0.15, 0.2) is 42.6 Å². The number of carbonyl (C=O) groups is 4. The summed E-state index contributed by atoms with van der Waals surface area (Å²) in [6.07, 6.45) is -1.43. The van der Waals surface area contributed by atoms with Crippen LogP contribution in [0, 0.1) is 29.6 Å². The van der Waals surface area contributed by atoms with E-state index in [0.717, 1.165) is 16.5 Å². The molecule has 1 amide bonds. The highest BCUT2D eigenvalue weighted by atomic mass is 32.2. The van der Waals surface area contributed by atoms with Gasteiger partial charge in [-0.25, -0.2) is 4.79 Å². The van der Waals surface area contributed by atoms with E-state index in [1.54, 1.807) is 54.1 Å². The van der Waals surface area contributed by atoms with E-state index in [1.807, 2.05) is 48.2 Å². The number of alkyl carbamates (subject to hydrolysis) is 1. The molecule has 59 heavy (non-hydrogen) atoms. The van der Waals surface area contributed by atoms with Gasteiger partial charge in [0, 0.05) is 41.3 Å². The number of nitrogens with one attached hydrogen (secondary N) is 1. The van der Waals surface area contributed by atoms with Gasteiger partial charge in [0.1, 0.15) is 23.9 Å². The van der Waals surface area contributed by atoms with Crippen molar-refractivity contribution >= 4 is 50.7 Å². The first-order valence-corrected chi connectivity index (χ1v) is 21.8. The maximum absolute atomic E-state index is 14.7. The summed E-state index contributed by atoms with van der Waals surface area (Å²) in [5.41, 5.74) is 0.00751. The van der Waals surface area contributed by atoms with Crippen LogP contribution in [0.5, 0.6) is 0 Å². The number of hydrogen-bond donors (Lipinski definition) is 3. The van der Waals surface area contributed by atoms with Crippen LogP contribution in [-0.2, 0) is 48.2 Å². The van der Waals surface area contributed by atoms with Gasteiger partial charge >= 0.3 is 12.1 Å². The van der Waals surface area contributed by atoms with Crippen LogP contribution in [0.1, 0.15) is 66.9 Å². The number of fused-ring (bicyclic) bond motifs is 2. The minimum Gasteiger partial charge on any atom is -0.457 e. The fourth-order valence-corrected chi connectivity index (χ4v) is 9.67. The fraction of sp³-hybridized carbons (Fsp3) is 0.643. The van der Waals surface area contributed by atoms with Crippen molar-refractivity contribution in [2.75, 3.05) is 26.5 Å². The van der Waals surface area contributed by atoms with Gasteiger partial charge in [0.25, 0.3) is 10.1 Å². The average Bonchev–Trinajstić information content (AvgIpc) is 3.50. The Morgan fingerprint density at radius 1 is 1.02 bits per heavy atom. The number of pyridine rings is 1. The van der Waals surface area contributed by atoms with Crippen molar-refractivity contribution in [2.45, 2.75) is 116 Å². The lowest BCUT2D eigenvalue weighted by molar-refractivity contribution is -0.281. The summed E-state index contributed by atoms with van der Waals surface area (Å²) in [7, 11) is -1.34. The number of cyclic esters (lactones) is 1.